The molecule has 0 saturated carbocycles. The van der Waals surface area contributed by atoms with Gasteiger partial charge in [-0.2, -0.15) is 0 Å². The van der Waals surface area contributed by atoms with Gasteiger partial charge in [-0.15, -0.1) is 0 Å². The fourth-order valence-corrected chi connectivity index (χ4v) is 3.18. The van der Waals surface area contributed by atoms with Crippen molar-refractivity contribution in [3.05, 3.63) is 66.5 Å². The molecule has 2 aromatic carbocycles. The van der Waals surface area contributed by atoms with Crippen LogP contribution >= 0.6 is 0 Å². The Morgan fingerprint density at radius 3 is 2.88 bits per heavy atom. The van der Waals surface area contributed by atoms with Crippen molar-refractivity contribution in [1.82, 2.24) is 9.97 Å². The van der Waals surface area contributed by atoms with Gasteiger partial charge in [-0.25, -0.2) is 9.97 Å². The van der Waals surface area contributed by atoms with Crippen LogP contribution in [0.25, 0.3) is 0 Å². The first-order valence-electron chi connectivity index (χ1n) is 8.42. The molecule has 25 heavy (non-hydrogen) atoms. The van der Waals surface area contributed by atoms with Gasteiger partial charge in [-0.05, 0) is 36.6 Å². The number of fused-ring (bicyclic) bond motifs is 1. The van der Waals surface area contributed by atoms with Crippen LogP contribution in [-0.4, -0.2) is 23.6 Å². The predicted octanol–water partition coefficient (Wildman–Crippen LogP) is 4.31. The molecule has 0 saturated heterocycles. The first-order valence-corrected chi connectivity index (χ1v) is 8.42. The van der Waals surface area contributed by atoms with E-state index in [0.717, 1.165) is 42.5 Å². The minimum Gasteiger partial charge on any atom is -0.497 e. The molecule has 1 N–H and O–H groups in total. The van der Waals surface area contributed by atoms with E-state index in [1.807, 2.05) is 30.3 Å². The largest absolute Gasteiger partial charge is 0.497 e. The highest BCUT2D eigenvalue weighted by atomic mass is 16.5. The normalized spacial score (nSPS) is 13.2. The number of methoxy groups -OCH3 is 1. The second-order valence-corrected chi connectivity index (χ2v) is 6.00. The summed E-state index contributed by atoms with van der Waals surface area (Å²) in [7, 11) is 1.66. The van der Waals surface area contributed by atoms with Crippen molar-refractivity contribution in [2.45, 2.75) is 12.8 Å². The lowest BCUT2D eigenvalue weighted by Crippen LogP contribution is -2.25. The number of hydrogen-bond acceptors (Lipinski definition) is 5. The summed E-state index contributed by atoms with van der Waals surface area (Å²) in [5.41, 5.74) is 3.54. The van der Waals surface area contributed by atoms with E-state index in [1.165, 1.54) is 11.3 Å². The van der Waals surface area contributed by atoms with Crippen LogP contribution in [0.1, 0.15) is 12.0 Å². The van der Waals surface area contributed by atoms with E-state index in [2.05, 4.69) is 44.5 Å². The molecule has 0 bridgehead atoms. The lowest BCUT2D eigenvalue weighted by atomic mass is 10.0. The molecule has 1 aromatic heterocycles. The summed E-state index contributed by atoms with van der Waals surface area (Å²) in [5.74, 6) is 2.48. The second-order valence-electron chi connectivity index (χ2n) is 6.00. The number of para-hydroxylation sites is 1. The smallest absolute Gasteiger partial charge is 0.138 e. The third kappa shape index (κ3) is 3.26. The Hall–Kier alpha value is -3.08. The highest BCUT2D eigenvalue weighted by Crippen LogP contribution is 2.33. The van der Waals surface area contributed by atoms with Crippen LogP contribution in [0.5, 0.6) is 5.75 Å². The van der Waals surface area contributed by atoms with Gasteiger partial charge in [0.15, 0.2) is 0 Å². The fourth-order valence-electron chi connectivity index (χ4n) is 3.18. The molecule has 0 fully saturated rings. The molecule has 0 aliphatic carbocycles. The van der Waals surface area contributed by atoms with Crippen LogP contribution in [-0.2, 0) is 6.42 Å². The molecule has 0 radical (unpaired) electrons. The lowest BCUT2D eigenvalue weighted by molar-refractivity contribution is 0.415. The summed E-state index contributed by atoms with van der Waals surface area (Å²) in [6, 6.07) is 18.3. The van der Waals surface area contributed by atoms with Crippen LogP contribution in [0, 0.1) is 0 Å². The van der Waals surface area contributed by atoms with Crippen molar-refractivity contribution in [1.29, 1.82) is 0 Å². The molecule has 0 spiro atoms. The fraction of sp³-hybridized carbons (Fsp3) is 0.200. The standard InChI is InChI=1S/C20H20N4O/c1-25-17-9-4-8-16(12-17)23-19-13-20(22-14-21-19)24-11-5-7-15-6-2-3-10-18(15)24/h2-4,6,8-10,12-14H,5,7,11H2,1H3,(H,21,22,23). The molecule has 4 rings (SSSR count). The monoisotopic (exact) mass is 332 g/mol. The van der Waals surface area contributed by atoms with Crippen molar-refractivity contribution in [2.75, 3.05) is 23.9 Å². The number of benzene rings is 2. The molecule has 126 valence electrons. The molecule has 2 heterocycles. The number of hydrogen-bond donors (Lipinski definition) is 1. The summed E-state index contributed by atoms with van der Waals surface area (Å²) in [5, 5.41) is 3.32. The van der Waals surface area contributed by atoms with Gasteiger partial charge in [0.1, 0.15) is 23.7 Å². The Morgan fingerprint density at radius 1 is 1.04 bits per heavy atom. The van der Waals surface area contributed by atoms with Gasteiger partial charge in [0.05, 0.1) is 7.11 Å². The maximum absolute atomic E-state index is 5.27. The third-order valence-corrected chi connectivity index (χ3v) is 4.38. The molecule has 0 atom stereocenters. The number of anilines is 4. The van der Waals surface area contributed by atoms with Crippen molar-refractivity contribution >= 4 is 23.0 Å². The van der Waals surface area contributed by atoms with E-state index in [0.29, 0.717) is 0 Å². The van der Waals surface area contributed by atoms with E-state index in [1.54, 1.807) is 13.4 Å². The molecule has 0 amide bonds. The predicted molar refractivity (Wildman–Crippen MR) is 100 cm³/mol. The van der Waals surface area contributed by atoms with Gasteiger partial charge in [0.25, 0.3) is 0 Å². The maximum Gasteiger partial charge on any atom is 0.138 e. The number of aromatic nitrogens is 2. The van der Waals surface area contributed by atoms with Crippen LogP contribution in [0.15, 0.2) is 60.9 Å². The Balaban J connectivity index is 1.62. The molecular weight excluding hydrogens is 312 g/mol. The van der Waals surface area contributed by atoms with Gasteiger partial charge in [-0.3, -0.25) is 0 Å². The zero-order valence-electron chi connectivity index (χ0n) is 14.1. The van der Waals surface area contributed by atoms with Crippen LogP contribution in [0.4, 0.5) is 23.0 Å². The maximum atomic E-state index is 5.27. The van der Waals surface area contributed by atoms with Gasteiger partial charge in [0.2, 0.25) is 0 Å². The van der Waals surface area contributed by atoms with Gasteiger partial charge >= 0.3 is 0 Å². The Labute approximate surface area is 147 Å². The molecule has 5 heteroatoms. The van der Waals surface area contributed by atoms with E-state index >= 15 is 0 Å². The molecule has 1 aliphatic heterocycles. The highest BCUT2D eigenvalue weighted by molar-refractivity contribution is 5.68. The molecule has 3 aromatic rings. The van der Waals surface area contributed by atoms with Crippen molar-refractivity contribution in [3.8, 4) is 5.75 Å². The van der Waals surface area contributed by atoms with Crippen LogP contribution < -0.4 is 15.0 Å². The first-order chi connectivity index (χ1) is 12.3. The van der Waals surface area contributed by atoms with E-state index < -0.39 is 0 Å². The summed E-state index contributed by atoms with van der Waals surface area (Å²) in [6.07, 6.45) is 3.85. The lowest BCUT2D eigenvalue weighted by Gasteiger charge is -2.30. The van der Waals surface area contributed by atoms with Crippen molar-refractivity contribution < 1.29 is 4.74 Å². The second kappa shape index (κ2) is 6.81. The minimum atomic E-state index is 0.765. The number of aryl methyl sites for hydroxylation is 1. The Kier molecular flexibility index (Phi) is 4.21. The average molecular weight is 332 g/mol. The summed E-state index contributed by atoms with van der Waals surface area (Å²) < 4.78 is 5.27. The SMILES string of the molecule is COc1cccc(Nc2cc(N3CCCc4ccccc43)ncn2)c1. The zero-order chi connectivity index (χ0) is 17.1. The highest BCUT2D eigenvalue weighted by Gasteiger charge is 2.19. The number of ether oxygens (including phenoxy) is 1. The minimum absolute atomic E-state index is 0.765. The Morgan fingerprint density at radius 2 is 1.96 bits per heavy atom. The van der Waals surface area contributed by atoms with Gasteiger partial charge in [-0.1, -0.05) is 24.3 Å². The average Bonchev–Trinajstić information content (AvgIpc) is 2.68. The quantitative estimate of drug-likeness (QED) is 0.771. The van der Waals surface area contributed by atoms with Crippen molar-refractivity contribution in [2.24, 2.45) is 0 Å². The molecule has 5 nitrogen and oxygen atoms in total. The van der Waals surface area contributed by atoms with Crippen molar-refractivity contribution in [3.63, 3.8) is 0 Å². The third-order valence-electron chi connectivity index (χ3n) is 4.38. The van der Waals surface area contributed by atoms with E-state index in [9.17, 15) is 0 Å². The zero-order valence-corrected chi connectivity index (χ0v) is 14.1. The van der Waals surface area contributed by atoms with Gasteiger partial charge in [0, 0.05) is 30.1 Å². The molecular formula is C20H20N4O. The topological polar surface area (TPSA) is 50.3 Å². The van der Waals surface area contributed by atoms with Gasteiger partial charge < -0.3 is 15.0 Å². The van der Waals surface area contributed by atoms with Crippen LogP contribution in [0.2, 0.25) is 0 Å². The summed E-state index contributed by atoms with van der Waals surface area (Å²) in [6.45, 7) is 0.965. The number of nitrogens with zero attached hydrogens (tertiary/aromatic N) is 3. The number of rotatable bonds is 4. The summed E-state index contributed by atoms with van der Waals surface area (Å²) in [4.78, 5) is 11.1. The molecule has 1 aliphatic rings. The summed E-state index contributed by atoms with van der Waals surface area (Å²) >= 11 is 0. The van der Waals surface area contributed by atoms with E-state index in [-0.39, 0.29) is 0 Å². The Bertz CT molecular complexity index is 881. The first kappa shape index (κ1) is 15.4. The number of nitrogens with one attached hydrogen (secondary N) is 1. The van der Waals surface area contributed by atoms with Crippen LogP contribution in [0.3, 0.4) is 0 Å². The molecule has 0 unspecified atom stereocenters. The van der Waals surface area contributed by atoms with E-state index in [4.69, 9.17) is 4.74 Å².